The van der Waals surface area contributed by atoms with Gasteiger partial charge in [-0.1, -0.05) is 48.0 Å². The van der Waals surface area contributed by atoms with Crippen molar-refractivity contribution in [2.75, 3.05) is 5.32 Å². The van der Waals surface area contributed by atoms with Crippen LogP contribution in [0.2, 0.25) is 5.02 Å². The Morgan fingerprint density at radius 1 is 1.11 bits per heavy atom. The fraction of sp³-hybridized carbons (Fsp3) is 0.190. The standard InChI is InChI=1S/C21H20ClN3O2/c1-15-9-10-17(22)14-19(15)23-20(26)8-5-13-25-21(27)12-11-18(24-25)16-6-3-2-4-7-16/h2-4,6-7,9-12,14H,5,8,13H2,1H3,(H,23,26). The van der Waals surface area contributed by atoms with Gasteiger partial charge in [0.15, 0.2) is 0 Å². The van der Waals surface area contributed by atoms with Gasteiger partial charge in [0, 0.05) is 35.3 Å². The second kappa shape index (κ2) is 8.64. The van der Waals surface area contributed by atoms with Gasteiger partial charge in [0.2, 0.25) is 5.91 Å². The first kappa shape index (κ1) is 18.9. The zero-order chi connectivity index (χ0) is 19.2. The van der Waals surface area contributed by atoms with Gasteiger partial charge in [0.25, 0.3) is 5.56 Å². The fourth-order valence-corrected chi connectivity index (χ4v) is 2.88. The van der Waals surface area contributed by atoms with E-state index in [1.165, 1.54) is 10.7 Å². The minimum absolute atomic E-state index is 0.118. The number of anilines is 1. The summed E-state index contributed by atoms with van der Waals surface area (Å²) in [4.78, 5) is 24.2. The molecule has 0 unspecified atom stereocenters. The molecule has 1 heterocycles. The van der Waals surface area contributed by atoms with Gasteiger partial charge in [-0.25, -0.2) is 4.68 Å². The van der Waals surface area contributed by atoms with Crippen molar-refractivity contribution in [3.63, 3.8) is 0 Å². The molecule has 0 saturated carbocycles. The number of aryl methyl sites for hydroxylation is 2. The second-order valence-corrected chi connectivity index (χ2v) is 6.69. The van der Waals surface area contributed by atoms with Gasteiger partial charge in [-0.3, -0.25) is 9.59 Å². The molecule has 0 bridgehead atoms. The minimum Gasteiger partial charge on any atom is -0.326 e. The van der Waals surface area contributed by atoms with Crippen molar-refractivity contribution in [3.05, 3.63) is 81.6 Å². The van der Waals surface area contributed by atoms with Crippen molar-refractivity contribution >= 4 is 23.2 Å². The zero-order valence-corrected chi connectivity index (χ0v) is 15.7. The summed E-state index contributed by atoms with van der Waals surface area (Å²) < 4.78 is 1.40. The molecule has 3 rings (SSSR count). The smallest absolute Gasteiger partial charge is 0.266 e. The lowest BCUT2D eigenvalue weighted by atomic mass is 10.1. The van der Waals surface area contributed by atoms with Crippen molar-refractivity contribution in [3.8, 4) is 11.3 Å². The minimum atomic E-state index is -0.180. The molecule has 27 heavy (non-hydrogen) atoms. The van der Waals surface area contributed by atoms with Gasteiger partial charge in [0.1, 0.15) is 0 Å². The number of rotatable bonds is 6. The van der Waals surface area contributed by atoms with Gasteiger partial charge in [0.05, 0.1) is 5.69 Å². The quantitative estimate of drug-likeness (QED) is 0.692. The fourth-order valence-electron chi connectivity index (χ4n) is 2.70. The Bertz CT molecular complexity index is 1000. The summed E-state index contributed by atoms with van der Waals surface area (Å²) in [5.41, 5.74) is 3.14. The second-order valence-electron chi connectivity index (χ2n) is 6.26. The van der Waals surface area contributed by atoms with E-state index in [0.29, 0.717) is 23.7 Å². The average Bonchev–Trinajstić information content (AvgIpc) is 2.67. The van der Waals surface area contributed by atoms with Crippen molar-refractivity contribution < 1.29 is 4.79 Å². The SMILES string of the molecule is Cc1ccc(Cl)cc1NC(=O)CCCn1nc(-c2ccccc2)ccc1=O. The summed E-state index contributed by atoms with van der Waals surface area (Å²) in [7, 11) is 0. The number of nitrogens with one attached hydrogen (secondary N) is 1. The molecule has 6 heteroatoms. The maximum absolute atomic E-state index is 12.2. The van der Waals surface area contributed by atoms with Crippen LogP contribution in [-0.2, 0) is 11.3 Å². The van der Waals surface area contributed by atoms with E-state index in [4.69, 9.17) is 11.6 Å². The molecule has 0 saturated heterocycles. The predicted molar refractivity (Wildman–Crippen MR) is 108 cm³/mol. The third-order valence-corrected chi connectivity index (χ3v) is 4.42. The van der Waals surface area contributed by atoms with Crippen molar-refractivity contribution in [1.82, 2.24) is 9.78 Å². The van der Waals surface area contributed by atoms with Crippen LogP contribution in [0.25, 0.3) is 11.3 Å². The summed E-state index contributed by atoms with van der Waals surface area (Å²) in [5.74, 6) is -0.118. The largest absolute Gasteiger partial charge is 0.326 e. The van der Waals surface area contributed by atoms with Crippen LogP contribution in [0.4, 0.5) is 5.69 Å². The zero-order valence-electron chi connectivity index (χ0n) is 15.0. The molecule has 1 aromatic heterocycles. The van der Waals surface area contributed by atoms with E-state index in [0.717, 1.165) is 16.8 Å². The van der Waals surface area contributed by atoms with Crippen LogP contribution >= 0.6 is 11.6 Å². The van der Waals surface area contributed by atoms with Crippen molar-refractivity contribution in [2.24, 2.45) is 0 Å². The van der Waals surface area contributed by atoms with Crippen LogP contribution in [-0.4, -0.2) is 15.7 Å². The maximum atomic E-state index is 12.2. The molecule has 0 spiro atoms. The van der Waals surface area contributed by atoms with Gasteiger partial charge >= 0.3 is 0 Å². The van der Waals surface area contributed by atoms with Gasteiger partial charge in [-0.05, 0) is 37.1 Å². The first-order valence-corrected chi connectivity index (χ1v) is 9.10. The molecule has 1 amide bonds. The number of amides is 1. The van der Waals surface area contributed by atoms with E-state index in [1.54, 1.807) is 18.2 Å². The number of hydrogen-bond acceptors (Lipinski definition) is 3. The highest BCUT2D eigenvalue weighted by Crippen LogP contribution is 2.20. The molecule has 3 aromatic rings. The lowest BCUT2D eigenvalue weighted by molar-refractivity contribution is -0.116. The summed E-state index contributed by atoms with van der Waals surface area (Å²) in [5, 5.41) is 7.84. The number of nitrogens with zero attached hydrogens (tertiary/aromatic N) is 2. The Balaban J connectivity index is 1.61. The van der Waals surface area contributed by atoms with Crippen LogP contribution < -0.4 is 10.9 Å². The molecule has 0 atom stereocenters. The van der Waals surface area contributed by atoms with E-state index < -0.39 is 0 Å². The van der Waals surface area contributed by atoms with E-state index in [2.05, 4.69) is 10.4 Å². The Morgan fingerprint density at radius 2 is 1.89 bits per heavy atom. The summed E-state index contributed by atoms with van der Waals surface area (Å²) in [6.45, 7) is 2.28. The predicted octanol–water partition coefficient (Wildman–Crippen LogP) is 4.29. The van der Waals surface area contributed by atoms with Crippen LogP contribution in [0.3, 0.4) is 0 Å². The molecule has 2 aromatic carbocycles. The number of aromatic nitrogens is 2. The van der Waals surface area contributed by atoms with Gasteiger partial charge < -0.3 is 5.32 Å². The normalized spacial score (nSPS) is 10.6. The highest BCUT2D eigenvalue weighted by molar-refractivity contribution is 6.31. The highest BCUT2D eigenvalue weighted by Gasteiger charge is 2.07. The Labute approximate surface area is 162 Å². The number of hydrogen-bond donors (Lipinski definition) is 1. The lowest BCUT2D eigenvalue weighted by Crippen LogP contribution is -2.23. The molecular formula is C21H20ClN3O2. The van der Waals surface area contributed by atoms with Crippen LogP contribution in [0.1, 0.15) is 18.4 Å². The molecule has 1 N–H and O–H groups in total. The molecule has 138 valence electrons. The summed E-state index contributed by atoms with van der Waals surface area (Å²) >= 11 is 5.97. The number of carbonyl (C=O) groups is 1. The summed E-state index contributed by atoms with van der Waals surface area (Å²) in [6, 6.07) is 18.2. The van der Waals surface area contributed by atoms with E-state index in [9.17, 15) is 9.59 Å². The van der Waals surface area contributed by atoms with Crippen molar-refractivity contribution in [1.29, 1.82) is 0 Å². The molecule has 0 aliphatic carbocycles. The first-order valence-electron chi connectivity index (χ1n) is 8.72. The highest BCUT2D eigenvalue weighted by atomic mass is 35.5. The van der Waals surface area contributed by atoms with Crippen LogP contribution in [0, 0.1) is 6.92 Å². The third kappa shape index (κ3) is 5.05. The Morgan fingerprint density at radius 3 is 2.67 bits per heavy atom. The van der Waals surface area contributed by atoms with Crippen LogP contribution in [0.5, 0.6) is 0 Å². The lowest BCUT2D eigenvalue weighted by Gasteiger charge is -2.10. The maximum Gasteiger partial charge on any atom is 0.266 e. The van der Waals surface area contributed by atoms with E-state index >= 15 is 0 Å². The molecule has 0 aliphatic heterocycles. The topological polar surface area (TPSA) is 64.0 Å². The van der Waals surface area contributed by atoms with Gasteiger partial charge in [-0.15, -0.1) is 0 Å². The molecular weight excluding hydrogens is 362 g/mol. The molecule has 5 nitrogen and oxygen atoms in total. The number of halogens is 1. The van der Waals surface area contributed by atoms with Gasteiger partial charge in [-0.2, -0.15) is 5.10 Å². The van der Waals surface area contributed by atoms with Crippen molar-refractivity contribution in [2.45, 2.75) is 26.3 Å². The van der Waals surface area contributed by atoms with E-state index in [-0.39, 0.29) is 17.9 Å². The monoisotopic (exact) mass is 381 g/mol. The Hall–Kier alpha value is -2.92. The summed E-state index contributed by atoms with van der Waals surface area (Å²) in [6.07, 6.45) is 0.798. The molecule has 0 fully saturated rings. The number of carbonyl (C=O) groups excluding carboxylic acids is 1. The Kier molecular flexibility index (Phi) is 6.04. The number of benzene rings is 2. The third-order valence-electron chi connectivity index (χ3n) is 4.18. The molecule has 0 radical (unpaired) electrons. The molecule has 0 aliphatic rings. The first-order chi connectivity index (χ1) is 13.0. The average molecular weight is 382 g/mol. The van der Waals surface area contributed by atoms with E-state index in [1.807, 2.05) is 43.3 Å². The van der Waals surface area contributed by atoms with Crippen LogP contribution in [0.15, 0.2) is 65.5 Å².